The van der Waals surface area contributed by atoms with E-state index in [1.807, 2.05) is 13.8 Å². The Morgan fingerprint density at radius 3 is 2.50 bits per heavy atom. The molecule has 0 amide bonds. The zero-order chi connectivity index (χ0) is 12.0. The van der Waals surface area contributed by atoms with Gasteiger partial charge in [-0.15, -0.1) is 0 Å². The lowest BCUT2D eigenvalue weighted by molar-refractivity contribution is 0.0630. The maximum absolute atomic E-state index is 5.86. The third-order valence-corrected chi connectivity index (χ3v) is 4.46. The van der Waals surface area contributed by atoms with Crippen LogP contribution in [0.3, 0.4) is 0 Å². The highest BCUT2D eigenvalue weighted by Crippen LogP contribution is 2.31. The Bertz CT molecular complexity index is 226. The molecule has 5 heteroatoms. The topological polar surface area (TPSA) is 30.8 Å². The quantitative estimate of drug-likeness (QED) is 0.429. The number of alkyl halides is 2. The van der Waals surface area contributed by atoms with E-state index in [1.54, 1.807) is 0 Å². The number of rotatable bonds is 5. The Morgan fingerprint density at radius 1 is 1.31 bits per heavy atom. The van der Waals surface area contributed by atoms with E-state index in [2.05, 4.69) is 37.0 Å². The van der Waals surface area contributed by atoms with Crippen LogP contribution in [0.4, 0.5) is 0 Å². The van der Waals surface area contributed by atoms with Gasteiger partial charge in [0.15, 0.2) is 0 Å². The third kappa shape index (κ3) is 4.72. The molecule has 16 heavy (non-hydrogen) atoms. The lowest BCUT2D eigenvalue weighted by Gasteiger charge is -2.31. The third-order valence-electron chi connectivity index (χ3n) is 2.51. The summed E-state index contributed by atoms with van der Waals surface area (Å²) < 4.78 is 5.86. The number of nitrogens with zero attached hydrogens (tertiary/aromatic N) is 1. The SMILES string of the molecule is CCON=C(C)COC1C(Br)CCCC1Br. The Morgan fingerprint density at radius 2 is 1.94 bits per heavy atom. The van der Waals surface area contributed by atoms with Gasteiger partial charge in [-0.1, -0.05) is 43.4 Å². The summed E-state index contributed by atoms with van der Waals surface area (Å²) in [5.74, 6) is 0. The summed E-state index contributed by atoms with van der Waals surface area (Å²) in [5, 5.41) is 3.94. The van der Waals surface area contributed by atoms with Crippen LogP contribution in [0.1, 0.15) is 33.1 Å². The van der Waals surface area contributed by atoms with Crippen LogP contribution in [-0.4, -0.2) is 34.7 Å². The van der Waals surface area contributed by atoms with Gasteiger partial charge in [0.05, 0.1) is 18.4 Å². The van der Waals surface area contributed by atoms with Crippen LogP contribution in [0.2, 0.25) is 0 Å². The number of halogens is 2. The molecule has 1 fully saturated rings. The largest absolute Gasteiger partial charge is 0.396 e. The highest BCUT2D eigenvalue weighted by atomic mass is 79.9. The van der Waals surface area contributed by atoms with Gasteiger partial charge in [0.25, 0.3) is 0 Å². The van der Waals surface area contributed by atoms with Crippen molar-refractivity contribution >= 4 is 37.6 Å². The monoisotopic (exact) mass is 355 g/mol. The molecule has 1 aliphatic rings. The fraction of sp³-hybridized carbons (Fsp3) is 0.909. The molecule has 3 nitrogen and oxygen atoms in total. The van der Waals surface area contributed by atoms with E-state index in [0.29, 0.717) is 22.9 Å². The highest BCUT2D eigenvalue weighted by Gasteiger charge is 2.30. The molecule has 1 rings (SSSR count). The number of oxime groups is 1. The normalized spacial score (nSPS) is 31.5. The van der Waals surface area contributed by atoms with Gasteiger partial charge in [0, 0.05) is 9.65 Å². The van der Waals surface area contributed by atoms with Gasteiger partial charge in [0.2, 0.25) is 0 Å². The summed E-state index contributed by atoms with van der Waals surface area (Å²) in [4.78, 5) is 5.84. The molecule has 94 valence electrons. The van der Waals surface area contributed by atoms with Crippen LogP contribution in [0.15, 0.2) is 5.16 Å². The number of hydrogen-bond acceptors (Lipinski definition) is 3. The maximum Gasteiger partial charge on any atom is 0.114 e. The molecule has 0 radical (unpaired) electrons. The summed E-state index contributed by atoms with van der Waals surface area (Å²) in [5.41, 5.74) is 0.881. The molecule has 0 saturated heterocycles. The lowest BCUT2D eigenvalue weighted by atomic mass is 9.97. The average Bonchev–Trinajstić information content (AvgIpc) is 2.25. The van der Waals surface area contributed by atoms with Gasteiger partial charge < -0.3 is 9.57 Å². The summed E-state index contributed by atoms with van der Waals surface area (Å²) in [6, 6.07) is 0. The zero-order valence-electron chi connectivity index (χ0n) is 9.79. The first-order valence-electron chi connectivity index (χ1n) is 5.70. The van der Waals surface area contributed by atoms with E-state index in [9.17, 15) is 0 Å². The number of ether oxygens (including phenoxy) is 1. The molecule has 1 saturated carbocycles. The standard InChI is InChI=1S/C11H19Br2NO2/c1-3-16-14-8(2)7-15-11-9(12)5-4-6-10(11)13/h9-11H,3-7H2,1-2H3. The molecule has 0 bridgehead atoms. The van der Waals surface area contributed by atoms with Gasteiger partial charge in [0.1, 0.15) is 6.61 Å². The van der Waals surface area contributed by atoms with Crippen molar-refractivity contribution in [3.05, 3.63) is 0 Å². The van der Waals surface area contributed by atoms with Crippen molar-refractivity contribution in [2.24, 2.45) is 5.16 Å². The van der Waals surface area contributed by atoms with E-state index in [4.69, 9.17) is 9.57 Å². The molecule has 0 spiro atoms. The van der Waals surface area contributed by atoms with Crippen molar-refractivity contribution in [3.8, 4) is 0 Å². The van der Waals surface area contributed by atoms with E-state index >= 15 is 0 Å². The van der Waals surface area contributed by atoms with Crippen molar-refractivity contribution in [1.82, 2.24) is 0 Å². The van der Waals surface area contributed by atoms with Crippen molar-refractivity contribution in [1.29, 1.82) is 0 Å². The van der Waals surface area contributed by atoms with Gasteiger partial charge >= 0.3 is 0 Å². The summed E-state index contributed by atoms with van der Waals surface area (Å²) >= 11 is 7.34. The first kappa shape index (κ1) is 14.5. The van der Waals surface area contributed by atoms with Gasteiger partial charge in [-0.2, -0.15) is 0 Å². The Balaban J connectivity index is 2.35. The molecular weight excluding hydrogens is 338 g/mol. The molecule has 0 aliphatic heterocycles. The van der Waals surface area contributed by atoms with E-state index < -0.39 is 0 Å². The maximum atomic E-state index is 5.86. The summed E-state index contributed by atoms with van der Waals surface area (Å²) in [6.07, 6.45) is 3.82. The van der Waals surface area contributed by atoms with Crippen molar-refractivity contribution in [2.45, 2.75) is 48.9 Å². The first-order chi connectivity index (χ1) is 7.65. The Kier molecular flexibility index (Phi) is 6.92. The summed E-state index contributed by atoms with van der Waals surface area (Å²) in [7, 11) is 0. The molecule has 1 aliphatic carbocycles. The Labute approximate surface area is 114 Å². The minimum absolute atomic E-state index is 0.223. The van der Waals surface area contributed by atoms with E-state index in [1.165, 1.54) is 19.3 Å². The van der Waals surface area contributed by atoms with Crippen LogP contribution in [0.25, 0.3) is 0 Å². The second-order valence-corrected chi connectivity index (χ2v) is 6.34. The fourth-order valence-corrected chi connectivity index (χ4v) is 3.79. The van der Waals surface area contributed by atoms with Crippen LogP contribution in [0, 0.1) is 0 Å². The minimum Gasteiger partial charge on any atom is -0.396 e. The van der Waals surface area contributed by atoms with Crippen LogP contribution in [0.5, 0.6) is 0 Å². The molecule has 0 aromatic rings. The van der Waals surface area contributed by atoms with Gasteiger partial charge in [-0.3, -0.25) is 0 Å². The average molecular weight is 357 g/mol. The second-order valence-electron chi connectivity index (χ2n) is 3.98. The van der Waals surface area contributed by atoms with Crippen LogP contribution >= 0.6 is 31.9 Å². The molecule has 0 N–H and O–H groups in total. The van der Waals surface area contributed by atoms with E-state index in [-0.39, 0.29) is 6.10 Å². The van der Waals surface area contributed by atoms with Crippen LogP contribution < -0.4 is 0 Å². The minimum atomic E-state index is 0.223. The highest BCUT2D eigenvalue weighted by molar-refractivity contribution is 9.10. The molecule has 0 aromatic carbocycles. The molecule has 2 atom stereocenters. The van der Waals surface area contributed by atoms with Gasteiger partial charge in [-0.05, 0) is 26.7 Å². The van der Waals surface area contributed by atoms with Crippen LogP contribution in [-0.2, 0) is 9.57 Å². The zero-order valence-corrected chi connectivity index (χ0v) is 13.0. The van der Waals surface area contributed by atoms with Crippen molar-refractivity contribution in [2.75, 3.05) is 13.2 Å². The second kappa shape index (κ2) is 7.67. The predicted octanol–water partition coefficient (Wildman–Crippen LogP) is 3.49. The molecular formula is C11H19Br2NO2. The van der Waals surface area contributed by atoms with Gasteiger partial charge in [-0.25, -0.2) is 0 Å². The summed E-state index contributed by atoms with van der Waals surface area (Å²) in [6.45, 7) is 4.98. The first-order valence-corrected chi connectivity index (χ1v) is 7.53. The number of hydrogen-bond donors (Lipinski definition) is 0. The molecule has 2 unspecified atom stereocenters. The predicted molar refractivity (Wildman–Crippen MR) is 73.8 cm³/mol. The van der Waals surface area contributed by atoms with Crippen molar-refractivity contribution in [3.63, 3.8) is 0 Å². The fourth-order valence-electron chi connectivity index (χ4n) is 1.69. The smallest absolute Gasteiger partial charge is 0.114 e. The van der Waals surface area contributed by atoms with E-state index in [0.717, 1.165) is 5.71 Å². The Hall–Kier alpha value is 0.390. The molecule has 0 aromatic heterocycles. The van der Waals surface area contributed by atoms with Crippen molar-refractivity contribution < 1.29 is 9.57 Å². The molecule has 0 heterocycles. The lowest BCUT2D eigenvalue weighted by Crippen LogP contribution is -2.38.